The molecule has 0 aromatic heterocycles. The minimum atomic E-state index is -0.286. The van der Waals surface area contributed by atoms with E-state index in [-0.39, 0.29) is 25.0 Å². The van der Waals surface area contributed by atoms with Crippen molar-refractivity contribution in [2.45, 2.75) is 13.5 Å². The Balaban J connectivity index is 1.64. The summed E-state index contributed by atoms with van der Waals surface area (Å²) in [4.78, 5) is 23.3. The van der Waals surface area contributed by atoms with Crippen molar-refractivity contribution in [2.24, 2.45) is 0 Å². The second kappa shape index (κ2) is 8.70. The SMILES string of the molecule is Cc1cccc(NC(=O)COCC(=O)NCc2ccccc2)c1. The summed E-state index contributed by atoms with van der Waals surface area (Å²) < 4.78 is 5.12. The zero-order valence-electron chi connectivity index (χ0n) is 13.0. The lowest BCUT2D eigenvalue weighted by Gasteiger charge is -2.08. The Bertz CT molecular complexity index is 656. The highest BCUT2D eigenvalue weighted by atomic mass is 16.5. The molecule has 5 heteroatoms. The highest BCUT2D eigenvalue weighted by Gasteiger charge is 2.06. The van der Waals surface area contributed by atoms with Crippen LogP contribution in [0.15, 0.2) is 54.6 Å². The van der Waals surface area contributed by atoms with E-state index in [2.05, 4.69) is 10.6 Å². The zero-order valence-corrected chi connectivity index (χ0v) is 13.0. The molecule has 0 heterocycles. The molecule has 0 saturated carbocycles. The van der Waals surface area contributed by atoms with Gasteiger partial charge in [-0.05, 0) is 30.2 Å². The van der Waals surface area contributed by atoms with E-state index in [0.717, 1.165) is 11.1 Å². The van der Waals surface area contributed by atoms with E-state index < -0.39 is 0 Å². The zero-order chi connectivity index (χ0) is 16.5. The number of aryl methyl sites for hydroxylation is 1. The normalized spacial score (nSPS) is 10.1. The molecule has 2 N–H and O–H groups in total. The summed E-state index contributed by atoms with van der Waals surface area (Å²) in [6.45, 7) is 2.09. The molecule has 2 aromatic rings. The van der Waals surface area contributed by atoms with Gasteiger partial charge in [0.1, 0.15) is 13.2 Å². The van der Waals surface area contributed by atoms with Crippen LogP contribution < -0.4 is 10.6 Å². The van der Waals surface area contributed by atoms with Gasteiger partial charge in [-0.2, -0.15) is 0 Å². The quantitative estimate of drug-likeness (QED) is 0.824. The van der Waals surface area contributed by atoms with E-state index in [4.69, 9.17) is 4.74 Å². The average Bonchev–Trinajstić information content (AvgIpc) is 2.54. The molecule has 0 aliphatic carbocycles. The molecule has 0 aliphatic rings. The fraction of sp³-hybridized carbons (Fsp3) is 0.222. The van der Waals surface area contributed by atoms with Crippen molar-refractivity contribution in [3.05, 3.63) is 65.7 Å². The highest BCUT2D eigenvalue weighted by molar-refractivity contribution is 5.91. The standard InChI is InChI=1S/C18H20N2O3/c1-14-6-5-9-16(10-14)20-18(22)13-23-12-17(21)19-11-15-7-3-2-4-8-15/h2-10H,11-13H2,1H3,(H,19,21)(H,20,22). The number of carbonyl (C=O) groups is 2. The Kier molecular flexibility index (Phi) is 6.32. The monoisotopic (exact) mass is 312 g/mol. The highest BCUT2D eigenvalue weighted by Crippen LogP contribution is 2.09. The summed E-state index contributed by atoms with van der Waals surface area (Å²) in [6, 6.07) is 17.1. The lowest BCUT2D eigenvalue weighted by atomic mass is 10.2. The molecule has 0 radical (unpaired) electrons. The second-order valence-electron chi connectivity index (χ2n) is 5.17. The third-order valence-corrected chi connectivity index (χ3v) is 3.10. The van der Waals surface area contributed by atoms with Crippen LogP contribution in [0.1, 0.15) is 11.1 Å². The summed E-state index contributed by atoms with van der Waals surface area (Å²) in [5.41, 5.74) is 2.79. The van der Waals surface area contributed by atoms with Crippen LogP contribution in [0.25, 0.3) is 0 Å². The third kappa shape index (κ3) is 6.32. The predicted molar refractivity (Wildman–Crippen MR) is 88.9 cm³/mol. The Morgan fingerprint density at radius 2 is 1.70 bits per heavy atom. The molecule has 0 spiro atoms. The summed E-state index contributed by atoms with van der Waals surface area (Å²) in [5.74, 6) is -0.538. The second-order valence-corrected chi connectivity index (χ2v) is 5.17. The van der Waals surface area contributed by atoms with Gasteiger partial charge >= 0.3 is 0 Å². The molecule has 2 aromatic carbocycles. The number of nitrogens with one attached hydrogen (secondary N) is 2. The molecule has 2 rings (SSSR count). The summed E-state index contributed by atoms with van der Waals surface area (Å²) in [7, 11) is 0. The molecule has 23 heavy (non-hydrogen) atoms. The molecule has 0 fully saturated rings. The molecule has 0 aliphatic heterocycles. The number of hydrogen-bond donors (Lipinski definition) is 2. The van der Waals surface area contributed by atoms with Crippen LogP contribution in [0.5, 0.6) is 0 Å². The summed E-state index contributed by atoms with van der Waals surface area (Å²) in [6.07, 6.45) is 0. The number of anilines is 1. The van der Waals surface area contributed by atoms with Gasteiger partial charge in [-0.25, -0.2) is 0 Å². The van der Waals surface area contributed by atoms with E-state index in [9.17, 15) is 9.59 Å². The summed E-state index contributed by atoms with van der Waals surface area (Å²) >= 11 is 0. The largest absolute Gasteiger partial charge is 0.362 e. The van der Waals surface area contributed by atoms with Crippen LogP contribution in [0, 0.1) is 6.92 Å². The molecular weight excluding hydrogens is 292 g/mol. The van der Waals surface area contributed by atoms with Gasteiger partial charge in [0.05, 0.1) is 0 Å². The van der Waals surface area contributed by atoms with Crippen molar-refractivity contribution >= 4 is 17.5 Å². The lowest BCUT2D eigenvalue weighted by Crippen LogP contribution is -2.29. The van der Waals surface area contributed by atoms with Crippen molar-refractivity contribution in [1.29, 1.82) is 0 Å². The van der Waals surface area contributed by atoms with Crippen LogP contribution in [0.2, 0.25) is 0 Å². The molecule has 2 amide bonds. The lowest BCUT2D eigenvalue weighted by molar-refractivity contribution is -0.128. The predicted octanol–water partition coefficient (Wildman–Crippen LogP) is 2.27. The number of ether oxygens (including phenoxy) is 1. The number of carbonyl (C=O) groups excluding carboxylic acids is 2. The fourth-order valence-corrected chi connectivity index (χ4v) is 2.00. The number of amides is 2. The van der Waals surface area contributed by atoms with Crippen LogP contribution in [-0.2, 0) is 20.9 Å². The maximum Gasteiger partial charge on any atom is 0.250 e. The maximum atomic E-state index is 11.7. The van der Waals surface area contributed by atoms with Crippen LogP contribution in [-0.4, -0.2) is 25.0 Å². The van der Waals surface area contributed by atoms with Gasteiger partial charge in [-0.15, -0.1) is 0 Å². The van der Waals surface area contributed by atoms with E-state index in [1.165, 1.54) is 0 Å². The van der Waals surface area contributed by atoms with Crippen molar-refractivity contribution in [3.63, 3.8) is 0 Å². The average molecular weight is 312 g/mol. The van der Waals surface area contributed by atoms with Gasteiger partial charge in [0, 0.05) is 12.2 Å². The van der Waals surface area contributed by atoms with Crippen molar-refractivity contribution in [2.75, 3.05) is 18.5 Å². The van der Waals surface area contributed by atoms with Gasteiger partial charge in [-0.1, -0.05) is 42.5 Å². The minimum Gasteiger partial charge on any atom is -0.362 e. The molecule has 0 bridgehead atoms. The Morgan fingerprint density at radius 1 is 0.957 bits per heavy atom. The van der Waals surface area contributed by atoms with E-state index in [0.29, 0.717) is 12.2 Å². The first-order valence-electron chi connectivity index (χ1n) is 7.38. The number of benzene rings is 2. The van der Waals surface area contributed by atoms with Crippen LogP contribution >= 0.6 is 0 Å². The van der Waals surface area contributed by atoms with Gasteiger partial charge in [0.25, 0.3) is 0 Å². The van der Waals surface area contributed by atoms with E-state index >= 15 is 0 Å². The van der Waals surface area contributed by atoms with Crippen LogP contribution in [0.4, 0.5) is 5.69 Å². The van der Waals surface area contributed by atoms with Crippen molar-refractivity contribution in [3.8, 4) is 0 Å². The first-order valence-corrected chi connectivity index (χ1v) is 7.38. The van der Waals surface area contributed by atoms with Gasteiger partial charge in [-0.3, -0.25) is 9.59 Å². The number of rotatable bonds is 7. The van der Waals surface area contributed by atoms with Crippen LogP contribution in [0.3, 0.4) is 0 Å². The molecule has 0 unspecified atom stereocenters. The first-order chi connectivity index (χ1) is 11.1. The first kappa shape index (κ1) is 16.7. The Labute approximate surface area is 135 Å². The molecular formula is C18H20N2O3. The molecule has 0 saturated heterocycles. The van der Waals surface area contributed by atoms with Gasteiger partial charge in [0.15, 0.2) is 0 Å². The molecule has 120 valence electrons. The third-order valence-electron chi connectivity index (χ3n) is 3.10. The summed E-state index contributed by atoms with van der Waals surface area (Å²) in [5, 5.41) is 5.45. The van der Waals surface area contributed by atoms with Crippen molar-refractivity contribution < 1.29 is 14.3 Å². The minimum absolute atomic E-state index is 0.145. The fourth-order valence-electron chi connectivity index (χ4n) is 2.00. The maximum absolute atomic E-state index is 11.7. The molecule has 5 nitrogen and oxygen atoms in total. The van der Waals surface area contributed by atoms with E-state index in [1.807, 2.05) is 55.5 Å². The van der Waals surface area contributed by atoms with E-state index in [1.54, 1.807) is 6.07 Å². The molecule has 0 atom stereocenters. The Morgan fingerprint density at radius 3 is 2.43 bits per heavy atom. The smallest absolute Gasteiger partial charge is 0.250 e. The van der Waals surface area contributed by atoms with Crippen molar-refractivity contribution in [1.82, 2.24) is 5.32 Å². The van der Waals surface area contributed by atoms with Gasteiger partial charge < -0.3 is 15.4 Å². The number of hydrogen-bond acceptors (Lipinski definition) is 3. The van der Waals surface area contributed by atoms with Gasteiger partial charge in [0.2, 0.25) is 11.8 Å². The Hall–Kier alpha value is -2.66. The topological polar surface area (TPSA) is 67.4 Å².